The zero-order chi connectivity index (χ0) is 19.7. The van der Waals surface area contributed by atoms with Crippen LogP contribution < -0.4 is 0 Å². The molecule has 150 valence electrons. The summed E-state index contributed by atoms with van der Waals surface area (Å²) < 4.78 is 0. The van der Waals surface area contributed by atoms with E-state index in [1.165, 1.54) is 16.0 Å². The first-order chi connectivity index (χ1) is 13.5. The third-order valence-corrected chi connectivity index (χ3v) is 7.13. The number of likely N-dealkylation sites (tertiary alicyclic amines) is 1. The second-order valence-corrected chi connectivity index (χ2v) is 9.14. The van der Waals surface area contributed by atoms with Crippen LogP contribution in [-0.2, 0) is 25.9 Å². The van der Waals surface area contributed by atoms with Gasteiger partial charge in [-0.1, -0.05) is 13.0 Å². The van der Waals surface area contributed by atoms with Crippen molar-refractivity contribution < 1.29 is 4.79 Å². The Morgan fingerprint density at radius 2 is 2.18 bits per heavy atom. The topological polar surface area (TPSA) is 39.7 Å². The molecular weight excluding hydrogens is 368 g/mol. The highest BCUT2D eigenvalue weighted by atomic mass is 32.1. The smallest absolute Gasteiger partial charge is 0.255 e. The molecule has 0 spiro atoms. The second kappa shape index (κ2) is 8.31. The third-order valence-electron chi connectivity index (χ3n) is 6.12. The number of carbonyl (C=O) groups is 1. The van der Waals surface area contributed by atoms with Crippen LogP contribution in [0, 0.1) is 0 Å². The van der Waals surface area contributed by atoms with E-state index in [1.54, 1.807) is 11.3 Å². The fraction of sp³-hybridized carbons (Fsp3) is 0.545. The highest BCUT2D eigenvalue weighted by molar-refractivity contribution is 7.10. The molecule has 1 saturated heterocycles. The zero-order valence-electron chi connectivity index (χ0n) is 17.1. The molecule has 0 N–H and O–H groups in total. The summed E-state index contributed by atoms with van der Waals surface area (Å²) in [6.45, 7) is 6.66. The molecule has 2 aliphatic heterocycles. The van der Waals surface area contributed by atoms with Crippen molar-refractivity contribution in [3.63, 3.8) is 0 Å². The quantitative estimate of drug-likeness (QED) is 0.776. The number of pyridine rings is 1. The van der Waals surface area contributed by atoms with Gasteiger partial charge in [-0.25, -0.2) is 0 Å². The maximum absolute atomic E-state index is 13.1. The number of carbonyl (C=O) groups excluding carboxylic acids is 1. The van der Waals surface area contributed by atoms with E-state index in [1.807, 2.05) is 11.1 Å². The molecule has 1 fully saturated rings. The van der Waals surface area contributed by atoms with Crippen LogP contribution in [0.15, 0.2) is 23.7 Å². The fourth-order valence-electron chi connectivity index (χ4n) is 4.20. The monoisotopic (exact) mass is 398 g/mol. The molecule has 0 aromatic carbocycles. The van der Waals surface area contributed by atoms with E-state index in [4.69, 9.17) is 0 Å². The van der Waals surface area contributed by atoms with Gasteiger partial charge in [0, 0.05) is 55.2 Å². The molecule has 6 heteroatoms. The summed E-state index contributed by atoms with van der Waals surface area (Å²) in [6.07, 6.45) is 5.04. The third kappa shape index (κ3) is 4.00. The molecule has 0 bridgehead atoms. The first-order valence-electron chi connectivity index (χ1n) is 10.3. The summed E-state index contributed by atoms with van der Waals surface area (Å²) in [5.41, 5.74) is 4.64. The van der Waals surface area contributed by atoms with E-state index in [0.29, 0.717) is 6.04 Å². The Bertz CT molecular complexity index is 830. The summed E-state index contributed by atoms with van der Waals surface area (Å²) in [5, 5.41) is 2.09. The number of amides is 1. The minimum Gasteiger partial charge on any atom is -0.337 e. The molecule has 0 saturated carbocycles. The van der Waals surface area contributed by atoms with Gasteiger partial charge in [0.1, 0.15) is 0 Å². The first-order valence-corrected chi connectivity index (χ1v) is 11.1. The lowest BCUT2D eigenvalue weighted by Gasteiger charge is -2.27. The van der Waals surface area contributed by atoms with E-state index < -0.39 is 0 Å². The van der Waals surface area contributed by atoms with Gasteiger partial charge in [0.15, 0.2) is 0 Å². The Morgan fingerprint density at radius 3 is 2.86 bits per heavy atom. The predicted octanol–water partition coefficient (Wildman–Crippen LogP) is 3.04. The Balaban J connectivity index is 1.41. The number of likely N-dealkylation sites (N-methyl/N-ethyl adjacent to an activating group) is 1. The molecular formula is C22H30N4OS. The van der Waals surface area contributed by atoms with E-state index in [0.717, 1.165) is 63.2 Å². The largest absolute Gasteiger partial charge is 0.337 e. The van der Waals surface area contributed by atoms with E-state index in [9.17, 15) is 4.79 Å². The highest BCUT2D eigenvalue weighted by Gasteiger charge is 2.31. The lowest BCUT2D eigenvalue weighted by molar-refractivity contribution is 0.0781. The number of fused-ring (bicyclic) bond motifs is 1. The van der Waals surface area contributed by atoms with Crippen LogP contribution in [-0.4, -0.2) is 65.4 Å². The first kappa shape index (κ1) is 19.6. The highest BCUT2D eigenvalue weighted by Crippen LogP contribution is 2.31. The minimum atomic E-state index is 0.229. The molecule has 5 nitrogen and oxygen atoms in total. The van der Waals surface area contributed by atoms with Crippen LogP contribution in [0.25, 0.3) is 0 Å². The van der Waals surface area contributed by atoms with Gasteiger partial charge in [-0.3, -0.25) is 14.7 Å². The Hall–Kier alpha value is -1.76. The van der Waals surface area contributed by atoms with Gasteiger partial charge in [-0.05, 0) is 50.6 Å². The maximum Gasteiger partial charge on any atom is 0.255 e. The van der Waals surface area contributed by atoms with Crippen molar-refractivity contribution in [1.82, 2.24) is 19.7 Å². The van der Waals surface area contributed by atoms with Gasteiger partial charge in [0.25, 0.3) is 5.91 Å². The summed E-state index contributed by atoms with van der Waals surface area (Å²) in [7, 11) is 4.20. The zero-order valence-corrected chi connectivity index (χ0v) is 18.0. The van der Waals surface area contributed by atoms with Crippen molar-refractivity contribution >= 4 is 17.2 Å². The number of rotatable bonds is 5. The van der Waals surface area contributed by atoms with Crippen molar-refractivity contribution in [2.75, 3.05) is 33.7 Å². The number of aromatic nitrogens is 1. The Kier molecular flexibility index (Phi) is 5.80. The van der Waals surface area contributed by atoms with Gasteiger partial charge < -0.3 is 9.80 Å². The summed E-state index contributed by atoms with van der Waals surface area (Å²) in [6, 6.07) is 4.81. The van der Waals surface area contributed by atoms with Gasteiger partial charge >= 0.3 is 0 Å². The van der Waals surface area contributed by atoms with Crippen molar-refractivity contribution in [2.24, 2.45) is 0 Å². The van der Waals surface area contributed by atoms with Crippen molar-refractivity contribution in [3.05, 3.63) is 51.0 Å². The lowest BCUT2D eigenvalue weighted by atomic mass is 10.0. The summed E-state index contributed by atoms with van der Waals surface area (Å²) in [4.78, 5) is 25.7. The molecule has 2 aliphatic rings. The van der Waals surface area contributed by atoms with E-state index >= 15 is 0 Å². The normalized spacial score (nSPS) is 20.0. The Morgan fingerprint density at radius 1 is 1.32 bits per heavy atom. The van der Waals surface area contributed by atoms with Crippen LogP contribution in [0.3, 0.4) is 0 Å². The molecule has 0 aliphatic carbocycles. The standard InChI is InChI=1S/C22H30N4OS/c1-4-16-5-6-17(23-11-16)12-25-9-8-19-20(15-28-21(19)14-25)22(27)26-10-7-18(13-26)24(2)3/h5-6,11,15,18H,4,7-10,12-14H2,1-3H3/t18-/m0/s1. The molecule has 0 radical (unpaired) electrons. The lowest BCUT2D eigenvalue weighted by Crippen LogP contribution is -2.35. The Labute approximate surface area is 172 Å². The number of thiophene rings is 1. The second-order valence-electron chi connectivity index (χ2n) is 8.18. The van der Waals surface area contributed by atoms with E-state index in [2.05, 4.69) is 53.3 Å². The van der Waals surface area contributed by atoms with Crippen LogP contribution in [0.2, 0.25) is 0 Å². The number of hydrogen-bond acceptors (Lipinski definition) is 5. The van der Waals surface area contributed by atoms with Crippen LogP contribution >= 0.6 is 11.3 Å². The molecule has 1 atom stereocenters. The average molecular weight is 399 g/mol. The fourth-order valence-corrected chi connectivity index (χ4v) is 5.32. The molecule has 4 heterocycles. The minimum absolute atomic E-state index is 0.229. The van der Waals surface area contributed by atoms with Gasteiger partial charge in [-0.15, -0.1) is 11.3 Å². The molecule has 2 aromatic heterocycles. The van der Waals surface area contributed by atoms with Crippen LogP contribution in [0.4, 0.5) is 0 Å². The molecule has 2 aromatic rings. The average Bonchev–Trinajstić information content (AvgIpc) is 3.35. The van der Waals surface area contributed by atoms with E-state index in [-0.39, 0.29) is 5.91 Å². The van der Waals surface area contributed by atoms with Crippen LogP contribution in [0.5, 0.6) is 0 Å². The molecule has 28 heavy (non-hydrogen) atoms. The maximum atomic E-state index is 13.1. The number of nitrogens with zero attached hydrogens (tertiary/aromatic N) is 4. The summed E-state index contributed by atoms with van der Waals surface area (Å²) in [5.74, 6) is 0.229. The van der Waals surface area contributed by atoms with Crippen molar-refractivity contribution in [2.45, 2.75) is 45.3 Å². The summed E-state index contributed by atoms with van der Waals surface area (Å²) >= 11 is 1.75. The van der Waals surface area contributed by atoms with Crippen molar-refractivity contribution in [3.8, 4) is 0 Å². The SMILES string of the molecule is CCc1ccc(CN2CCc3c(C(=O)N4CC[C@H](N(C)C)C4)csc3C2)nc1. The van der Waals surface area contributed by atoms with Gasteiger partial charge in [-0.2, -0.15) is 0 Å². The number of hydrogen-bond donors (Lipinski definition) is 0. The molecule has 0 unspecified atom stereocenters. The molecule has 4 rings (SSSR count). The molecule has 1 amide bonds. The van der Waals surface area contributed by atoms with Crippen LogP contribution in [0.1, 0.15) is 45.4 Å². The predicted molar refractivity (Wildman–Crippen MR) is 114 cm³/mol. The van der Waals surface area contributed by atoms with Gasteiger partial charge in [0.2, 0.25) is 0 Å². The number of aryl methyl sites for hydroxylation is 1. The van der Waals surface area contributed by atoms with Gasteiger partial charge in [0.05, 0.1) is 11.3 Å². The van der Waals surface area contributed by atoms with Crippen molar-refractivity contribution in [1.29, 1.82) is 0 Å².